The third-order valence-corrected chi connectivity index (χ3v) is 16.3. The maximum absolute atomic E-state index is 6.03. The molecule has 6 bridgehead atoms. The van der Waals surface area contributed by atoms with E-state index in [0.29, 0.717) is 22.9 Å². The summed E-state index contributed by atoms with van der Waals surface area (Å²) in [4.78, 5) is 7.72. The van der Waals surface area contributed by atoms with Crippen LogP contribution in [0.2, 0.25) is 5.15 Å². The zero-order valence-corrected chi connectivity index (χ0v) is 34.6. The SMILES string of the molecule is CCCCSc1nsnc1C1CN2CCC1CC2.CCCCSc1nsnc1C1CN2CCC1CC2.Clc1nsnc1C1CN2CCC1CC2. The topological polar surface area (TPSA) is 87.1 Å². The fourth-order valence-electron chi connectivity index (χ4n) is 8.88. The first-order chi connectivity index (χ1) is 24.6. The molecule has 9 aliphatic heterocycles. The molecule has 0 radical (unpaired) electrons. The fourth-order valence-corrected chi connectivity index (χ4v) is 13.4. The number of nitrogens with zero attached hydrogens (tertiary/aromatic N) is 9. The van der Waals surface area contributed by atoms with Crippen molar-refractivity contribution in [3.05, 3.63) is 22.2 Å². The number of aromatic nitrogens is 6. The van der Waals surface area contributed by atoms with Gasteiger partial charge in [-0.05, 0) is 120 Å². The highest BCUT2D eigenvalue weighted by atomic mass is 35.5. The Morgan fingerprint density at radius 1 is 0.540 bits per heavy atom. The van der Waals surface area contributed by atoms with Crippen LogP contribution in [0.5, 0.6) is 0 Å². The smallest absolute Gasteiger partial charge is 0.166 e. The Bertz CT molecular complexity index is 1370. The third-order valence-electron chi connectivity index (χ3n) is 11.9. The molecule has 3 unspecified atom stereocenters. The Morgan fingerprint density at radius 3 is 1.22 bits per heavy atom. The lowest BCUT2D eigenvalue weighted by molar-refractivity contribution is 0.0846. The van der Waals surface area contributed by atoms with Crippen molar-refractivity contribution in [2.75, 3.05) is 70.4 Å². The molecule has 3 atom stereocenters. The van der Waals surface area contributed by atoms with E-state index in [9.17, 15) is 0 Å². The number of rotatable bonds is 11. The third kappa shape index (κ3) is 9.25. The maximum atomic E-state index is 6.03. The van der Waals surface area contributed by atoms with Crippen molar-refractivity contribution in [2.45, 2.75) is 106 Å². The van der Waals surface area contributed by atoms with Gasteiger partial charge < -0.3 is 14.7 Å². The minimum Gasteiger partial charge on any atom is -0.303 e. The van der Waals surface area contributed by atoms with Crippen molar-refractivity contribution >= 4 is 70.3 Å². The molecule has 12 heterocycles. The van der Waals surface area contributed by atoms with Gasteiger partial charge in [0.1, 0.15) is 10.1 Å². The minimum absolute atomic E-state index is 0.545. The lowest BCUT2D eigenvalue weighted by Gasteiger charge is -2.44. The van der Waals surface area contributed by atoms with Crippen LogP contribution in [0.25, 0.3) is 0 Å². The summed E-state index contributed by atoms with van der Waals surface area (Å²) in [6.07, 6.45) is 13.1. The van der Waals surface area contributed by atoms with Gasteiger partial charge in [0.05, 0.1) is 52.3 Å². The van der Waals surface area contributed by atoms with Gasteiger partial charge in [0.2, 0.25) is 0 Å². The van der Waals surface area contributed by atoms with Crippen molar-refractivity contribution in [3.63, 3.8) is 0 Å². The molecular weight excluding hydrogens is 742 g/mol. The quantitative estimate of drug-likeness (QED) is 0.138. The predicted octanol–water partition coefficient (Wildman–Crippen LogP) is 8.48. The Morgan fingerprint density at radius 2 is 0.900 bits per heavy atom. The van der Waals surface area contributed by atoms with Gasteiger partial charge in [0.25, 0.3) is 0 Å². The van der Waals surface area contributed by atoms with E-state index < -0.39 is 0 Å². The van der Waals surface area contributed by atoms with Gasteiger partial charge >= 0.3 is 0 Å². The average molecular weight is 797 g/mol. The van der Waals surface area contributed by atoms with E-state index >= 15 is 0 Å². The number of hydrogen-bond acceptors (Lipinski definition) is 14. The molecule has 9 fully saturated rings. The van der Waals surface area contributed by atoms with Crippen molar-refractivity contribution in [1.29, 1.82) is 0 Å². The lowest BCUT2D eigenvalue weighted by atomic mass is 9.78. The van der Waals surface area contributed by atoms with E-state index in [1.54, 1.807) is 0 Å². The fraction of sp³-hybridized carbons (Fsp3) is 0.829. The van der Waals surface area contributed by atoms with E-state index in [-0.39, 0.29) is 0 Å². The van der Waals surface area contributed by atoms with E-state index in [1.807, 2.05) is 23.5 Å². The molecule has 9 nitrogen and oxygen atoms in total. The molecule has 0 amide bonds. The number of piperidine rings is 9. The van der Waals surface area contributed by atoms with E-state index in [0.717, 1.165) is 30.0 Å². The summed E-state index contributed by atoms with van der Waals surface area (Å²) in [7, 11) is 0. The molecule has 0 saturated carbocycles. The van der Waals surface area contributed by atoms with Gasteiger partial charge in [0, 0.05) is 37.4 Å². The zero-order chi connectivity index (χ0) is 34.3. The molecule has 15 heteroatoms. The summed E-state index contributed by atoms with van der Waals surface area (Å²) >= 11 is 13.9. The van der Waals surface area contributed by atoms with Gasteiger partial charge in [0.15, 0.2) is 5.15 Å². The average Bonchev–Trinajstić information content (AvgIpc) is 3.95. The van der Waals surface area contributed by atoms with Gasteiger partial charge in [-0.15, -0.1) is 23.5 Å². The summed E-state index contributed by atoms with van der Waals surface area (Å²) in [5.41, 5.74) is 3.68. The largest absolute Gasteiger partial charge is 0.303 e. The molecular formula is C35H54ClN9S5. The van der Waals surface area contributed by atoms with Crippen LogP contribution >= 0.6 is 70.3 Å². The first kappa shape index (κ1) is 37.8. The summed E-state index contributed by atoms with van der Waals surface area (Å²) in [5.74, 6) is 6.77. The molecule has 3 aromatic heterocycles. The highest BCUT2D eigenvalue weighted by Crippen LogP contribution is 2.43. The molecule has 50 heavy (non-hydrogen) atoms. The van der Waals surface area contributed by atoms with Gasteiger partial charge in [-0.2, -0.15) is 26.2 Å². The standard InChI is InChI=1S/2C13H21N3S2.C9H12ClN3S/c2*1-2-3-8-17-13-12(14-18-15-13)11-9-16-6-4-10(11)5-7-16;10-9-8(11-14-12-9)7-5-13-3-1-6(7)2-4-13/h2*10-11H,2-9H2,1H3;6-7H,1-5H2. The van der Waals surface area contributed by atoms with Crippen molar-refractivity contribution in [3.8, 4) is 0 Å². The highest BCUT2D eigenvalue weighted by Gasteiger charge is 2.39. The number of fused-ring (bicyclic) bond motifs is 9. The second-order valence-corrected chi connectivity index (χ2v) is 19.1. The molecule has 3 aromatic rings. The van der Waals surface area contributed by atoms with Crippen LogP contribution in [0, 0.1) is 17.8 Å². The molecule has 276 valence electrons. The van der Waals surface area contributed by atoms with Crippen molar-refractivity contribution in [1.82, 2.24) is 40.9 Å². The van der Waals surface area contributed by atoms with E-state index in [1.165, 1.54) is 185 Å². The number of halogens is 1. The summed E-state index contributed by atoms with van der Waals surface area (Å²) in [6.45, 7) is 15.8. The Balaban J connectivity index is 0.000000119. The van der Waals surface area contributed by atoms with Crippen LogP contribution in [-0.4, -0.2) is 111 Å². The summed E-state index contributed by atoms with van der Waals surface area (Å²) in [5, 5.41) is 3.09. The van der Waals surface area contributed by atoms with Crippen LogP contribution in [0.3, 0.4) is 0 Å². The second-order valence-electron chi connectivity index (χ2n) is 15.0. The van der Waals surface area contributed by atoms with Crippen LogP contribution in [0.4, 0.5) is 0 Å². The monoisotopic (exact) mass is 795 g/mol. The molecule has 9 saturated heterocycles. The maximum Gasteiger partial charge on any atom is 0.166 e. The van der Waals surface area contributed by atoms with E-state index in [4.69, 9.17) is 11.6 Å². The van der Waals surface area contributed by atoms with Crippen molar-refractivity contribution < 1.29 is 0 Å². The number of hydrogen-bond donors (Lipinski definition) is 0. The summed E-state index contributed by atoms with van der Waals surface area (Å²) < 4.78 is 26.7. The van der Waals surface area contributed by atoms with Crippen molar-refractivity contribution in [2.24, 2.45) is 17.8 Å². The molecule has 0 aromatic carbocycles. The molecule has 0 aliphatic carbocycles. The van der Waals surface area contributed by atoms with Crippen LogP contribution in [0.1, 0.15) is 113 Å². The van der Waals surface area contributed by atoms with Gasteiger partial charge in [-0.25, -0.2) is 0 Å². The molecule has 9 aliphatic rings. The predicted molar refractivity (Wildman–Crippen MR) is 212 cm³/mol. The molecule has 0 spiro atoms. The lowest BCUT2D eigenvalue weighted by Crippen LogP contribution is -2.46. The second kappa shape index (κ2) is 18.7. The normalized spacial score (nSPS) is 32.3. The van der Waals surface area contributed by atoms with Gasteiger partial charge in [-0.1, -0.05) is 38.3 Å². The van der Waals surface area contributed by atoms with Crippen LogP contribution < -0.4 is 0 Å². The van der Waals surface area contributed by atoms with Crippen LogP contribution in [0.15, 0.2) is 10.1 Å². The molecule has 12 rings (SSSR count). The Hall–Kier alpha value is -0.450. The van der Waals surface area contributed by atoms with E-state index in [2.05, 4.69) is 54.8 Å². The first-order valence-corrected chi connectivity index (χ1v) is 23.7. The molecule has 0 N–H and O–H groups in total. The van der Waals surface area contributed by atoms with Crippen LogP contribution in [-0.2, 0) is 0 Å². The Kier molecular flexibility index (Phi) is 14.2. The van der Waals surface area contributed by atoms with Gasteiger partial charge in [-0.3, -0.25) is 0 Å². The Labute approximate surface area is 325 Å². The number of thioether (sulfide) groups is 2. The summed E-state index contributed by atoms with van der Waals surface area (Å²) in [6, 6.07) is 0. The minimum atomic E-state index is 0.545. The first-order valence-electron chi connectivity index (χ1n) is 19.2. The zero-order valence-electron chi connectivity index (χ0n) is 29.8. The number of unbranched alkanes of at least 4 members (excludes halogenated alkanes) is 2. The highest BCUT2D eigenvalue weighted by molar-refractivity contribution is 7.99.